The van der Waals surface area contributed by atoms with E-state index in [-0.39, 0.29) is 0 Å². The van der Waals surface area contributed by atoms with Crippen molar-refractivity contribution in [2.45, 2.75) is 47.5 Å². The van der Waals surface area contributed by atoms with Gasteiger partial charge in [0.1, 0.15) is 28.7 Å². The van der Waals surface area contributed by atoms with Crippen molar-refractivity contribution in [1.29, 1.82) is 0 Å². The molecular formula is C41H46N2O5. The van der Waals surface area contributed by atoms with E-state index in [1.807, 2.05) is 88.4 Å². The first kappa shape index (κ1) is 34.2. The van der Waals surface area contributed by atoms with E-state index >= 15 is 0 Å². The van der Waals surface area contributed by atoms with Gasteiger partial charge in [0, 0.05) is 34.6 Å². The smallest absolute Gasteiger partial charge is 0.132 e. The molecule has 7 nitrogen and oxygen atoms in total. The highest BCUT2D eigenvalue weighted by atomic mass is 16.5. The maximum absolute atomic E-state index is 6.10. The second kappa shape index (κ2) is 17.1. The van der Waals surface area contributed by atoms with Gasteiger partial charge in [0.05, 0.1) is 44.4 Å². The Labute approximate surface area is 284 Å². The van der Waals surface area contributed by atoms with Crippen LogP contribution in [0.1, 0.15) is 47.5 Å². The third-order valence-electron chi connectivity index (χ3n) is 7.63. The van der Waals surface area contributed by atoms with Gasteiger partial charge in [-0.05, 0) is 118 Å². The van der Waals surface area contributed by atoms with E-state index in [0.717, 1.165) is 93.2 Å². The maximum Gasteiger partial charge on any atom is 0.132 e. The lowest BCUT2D eigenvalue weighted by atomic mass is 9.99. The van der Waals surface area contributed by atoms with Crippen LogP contribution in [0.15, 0.2) is 97.1 Å². The van der Waals surface area contributed by atoms with E-state index in [9.17, 15) is 0 Å². The van der Waals surface area contributed by atoms with Crippen LogP contribution in [-0.4, -0.2) is 38.0 Å². The number of anilines is 2. The Morgan fingerprint density at radius 1 is 0.479 bits per heavy atom. The molecule has 0 aliphatic carbocycles. The summed E-state index contributed by atoms with van der Waals surface area (Å²) in [5, 5.41) is 3.50. The van der Waals surface area contributed by atoms with Gasteiger partial charge in [-0.2, -0.15) is 0 Å². The lowest BCUT2D eigenvalue weighted by molar-refractivity contribution is 0.309. The van der Waals surface area contributed by atoms with Crippen molar-refractivity contribution in [3.63, 3.8) is 0 Å². The molecule has 0 amide bonds. The Hall–Kier alpha value is -5.17. The Balaban J connectivity index is 1.52. The van der Waals surface area contributed by atoms with Crippen molar-refractivity contribution in [2.24, 2.45) is 0 Å². The van der Waals surface area contributed by atoms with Gasteiger partial charge in [-0.15, -0.1) is 0 Å². The predicted molar refractivity (Wildman–Crippen MR) is 195 cm³/mol. The second-order valence-electron chi connectivity index (χ2n) is 11.1. The third-order valence-corrected chi connectivity index (χ3v) is 7.63. The minimum atomic E-state index is 0.519. The number of hydrogen-bond acceptors (Lipinski definition) is 7. The summed E-state index contributed by atoms with van der Waals surface area (Å²) in [4.78, 5) is 5.18. The largest absolute Gasteiger partial charge is 0.494 e. The van der Waals surface area contributed by atoms with Gasteiger partial charge in [-0.3, -0.25) is 0 Å². The minimum absolute atomic E-state index is 0.519. The molecule has 0 aliphatic heterocycles. The molecular weight excluding hydrogens is 600 g/mol. The number of nitrogens with zero attached hydrogens (tertiary/aromatic N) is 1. The van der Waals surface area contributed by atoms with Crippen LogP contribution in [0.25, 0.3) is 33.6 Å². The van der Waals surface area contributed by atoms with E-state index in [4.69, 9.17) is 28.7 Å². The summed E-state index contributed by atoms with van der Waals surface area (Å²) in [7, 11) is 0. The Morgan fingerprint density at radius 2 is 0.958 bits per heavy atom. The number of rotatable bonds is 17. The number of ether oxygens (including phenoxy) is 5. The third kappa shape index (κ3) is 8.79. The molecule has 250 valence electrons. The van der Waals surface area contributed by atoms with Gasteiger partial charge in [0.15, 0.2) is 0 Å². The van der Waals surface area contributed by atoms with Crippen LogP contribution in [0.3, 0.4) is 0 Å². The van der Waals surface area contributed by atoms with E-state index in [2.05, 4.69) is 48.6 Å². The molecule has 0 bridgehead atoms. The second-order valence-corrected chi connectivity index (χ2v) is 11.1. The standard InChI is InChI=1S/C41H46N2O5/c1-6-11-24-48-33-18-16-32(17-19-33)42-31-14-12-29(13-15-31)30-25-38(36-22-20-34(44-7-2)27-40(36)46-9-4)43-39(26-30)37-23-21-35(45-8-3)28-41(37)47-10-5/h12-23,25-28,42H,6-11,24H2,1-5H3. The van der Waals surface area contributed by atoms with Gasteiger partial charge in [0.2, 0.25) is 0 Å². The van der Waals surface area contributed by atoms with E-state index in [0.29, 0.717) is 26.4 Å². The molecule has 1 aromatic heterocycles. The average Bonchev–Trinajstić information content (AvgIpc) is 3.10. The first-order chi connectivity index (χ1) is 23.5. The van der Waals surface area contributed by atoms with Crippen molar-refractivity contribution in [3.8, 4) is 62.4 Å². The molecule has 7 heteroatoms. The van der Waals surface area contributed by atoms with E-state index in [1.165, 1.54) is 0 Å². The predicted octanol–water partition coefficient (Wildman–Crippen LogP) is 10.6. The Morgan fingerprint density at radius 3 is 1.44 bits per heavy atom. The maximum atomic E-state index is 6.10. The zero-order valence-electron chi connectivity index (χ0n) is 28.7. The summed E-state index contributed by atoms with van der Waals surface area (Å²) in [6, 6.07) is 32.5. The molecule has 0 spiro atoms. The summed E-state index contributed by atoms with van der Waals surface area (Å²) in [5.74, 6) is 3.84. The SMILES string of the molecule is CCCCOc1ccc(Nc2ccc(-c3cc(-c4ccc(OCC)cc4OCC)nc(-c4ccc(OCC)cc4OCC)c3)cc2)cc1. The quantitative estimate of drug-likeness (QED) is 0.101. The van der Waals surface area contributed by atoms with Gasteiger partial charge < -0.3 is 29.0 Å². The number of hydrogen-bond donors (Lipinski definition) is 1. The summed E-state index contributed by atoms with van der Waals surface area (Å²) in [6.45, 7) is 13.0. The number of unbranched alkanes of at least 4 members (excludes halogenated alkanes) is 1. The number of aromatic nitrogens is 1. The van der Waals surface area contributed by atoms with Gasteiger partial charge >= 0.3 is 0 Å². The van der Waals surface area contributed by atoms with Crippen molar-refractivity contribution in [2.75, 3.05) is 38.4 Å². The monoisotopic (exact) mass is 646 g/mol. The molecule has 1 N–H and O–H groups in total. The number of nitrogens with one attached hydrogen (secondary N) is 1. The highest BCUT2D eigenvalue weighted by Crippen LogP contribution is 2.39. The summed E-state index contributed by atoms with van der Waals surface area (Å²) < 4.78 is 29.6. The fourth-order valence-corrected chi connectivity index (χ4v) is 5.35. The van der Waals surface area contributed by atoms with E-state index in [1.54, 1.807) is 0 Å². The molecule has 0 saturated heterocycles. The van der Waals surface area contributed by atoms with Crippen LogP contribution in [0.5, 0.6) is 28.7 Å². The summed E-state index contributed by atoms with van der Waals surface area (Å²) in [5.41, 5.74) is 7.39. The Kier molecular flexibility index (Phi) is 12.2. The molecule has 0 unspecified atom stereocenters. The zero-order valence-corrected chi connectivity index (χ0v) is 28.7. The van der Waals surface area contributed by atoms with E-state index < -0.39 is 0 Å². The minimum Gasteiger partial charge on any atom is -0.494 e. The molecule has 4 aromatic carbocycles. The van der Waals surface area contributed by atoms with Crippen LogP contribution < -0.4 is 29.0 Å². The molecule has 0 saturated carbocycles. The fraction of sp³-hybridized carbons (Fsp3) is 0.293. The molecule has 0 fully saturated rings. The number of pyridine rings is 1. The van der Waals surface area contributed by atoms with Gasteiger partial charge in [0.25, 0.3) is 0 Å². The van der Waals surface area contributed by atoms with Crippen molar-refractivity contribution in [1.82, 2.24) is 4.98 Å². The van der Waals surface area contributed by atoms with Crippen LogP contribution in [0, 0.1) is 0 Å². The molecule has 5 rings (SSSR count). The zero-order chi connectivity index (χ0) is 33.7. The molecule has 5 aromatic rings. The highest BCUT2D eigenvalue weighted by Gasteiger charge is 2.17. The first-order valence-electron chi connectivity index (χ1n) is 17.0. The van der Waals surface area contributed by atoms with Crippen molar-refractivity contribution in [3.05, 3.63) is 97.1 Å². The fourth-order valence-electron chi connectivity index (χ4n) is 5.35. The molecule has 48 heavy (non-hydrogen) atoms. The first-order valence-corrected chi connectivity index (χ1v) is 17.0. The highest BCUT2D eigenvalue weighted by molar-refractivity contribution is 5.81. The van der Waals surface area contributed by atoms with Gasteiger partial charge in [-0.1, -0.05) is 25.5 Å². The molecule has 0 radical (unpaired) electrons. The topological polar surface area (TPSA) is 71.1 Å². The lowest BCUT2D eigenvalue weighted by Crippen LogP contribution is -2.00. The summed E-state index contributed by atoms with van der Waals surface area (Å²) >= 11 is 0. The number of benzene rings is 4. The summed E-state index contributed by atoms with van der Waals surface area (Å²) in [6.07, 6.45) is 2.16. The lowest BCUT2D eigenvalue weighted by Gasteiger charge is -2.17. The molecule has 0 atom stereocenters. The molecule has 1 heterocycles. The van der Waals surface area contributed by atoms with Crippen molar-refractivity contribution < 1.29 is 23.7 Å². The van der Waals surface area contributed by atoms with Crippen LogP contribution in [-0.2, 0) is 0 Å². The Bertz CT molecular complexity index is 1680. The van der Waals surface area contributed by atoms with Crippen LogP contribution in [0.4, 0.5) is 11.4 Å². The average molecular weight is 647 g/mol. The normalized spacial score (nSPS) is 10.8. The van der Waals surface area contributed by atoms with Crippen molar-refractivity contribution >= 4 is 11.4 Å². The van der Waals surface area contributed by atoms with Gasteiger partial charge in [-0.25, -0.2) is 4.98 Å². The van der Waals surface area contributed by atoms with Crippen LogP contribution >= 0.6 is 0 Å². The van der Waals surface area contributed by atoms with Crippen LogP contribution in [0.2, 0.25) is 0 Å². The molecule has 0 aliphatic rings.